The van der Waals surface area contributed by atoms with E-state index in [1.807, 2.05) is 20.8 Å². The Labute approximate surface area is 106 Å². The molecule has 1 amide bonds. The Bertz CT molecular complexity index is 441. The lowest BCUT2D eigenvalue weighted by atomic mass is 10.2. The van der Waals surface area contributed by atoms with Crippen LogP contribution in [-0.2, 0) is 11.3 Å². The standard InChI is InChI=1S/C13H16N2O3/c1-13(2,3)17-12(16)15-9-10-5-7-11(8-6-10)18-14-4/h5-8H,9H2,1-3H3,(H,15,16). The highest BCUT2D eigenvalue weighted by molar-refractivity contribution is 5.67. The van der Waals surface area contributed by atoms with Crippen LogP contribution >= 0.6 is 0 Å². The number of carbonyl (C=O) groups is 1. The Morgan fingerprint density at radius 2 is 1.94 bits per heavy atom. The van der Waals surface area contributed by atoms with Crippen LogP contribution in [-0.4, -0.2) is 11.7 Å². The van der Waals surface area contributed by atoms with E-state index in [4.69, 9.17) is 11.3 Å². The van der Waals surface area contributed by atoms with E-state index in [0.717, 1.165) is 5.56 Å². The predicted molar refractivity (Wildman–Crippen MR) is 66.7 cm³/mol. The second-order valence-corrected chi connectivity index (χ2v) is 4.68. The molecule has 0 aliphatic heterocycles. The van der Waals surface area contributed by atoms with Gasteiger partial charge in [0.2, 0.25) is 5.75 Å². The second-order valence-electron chi connectivity index (χ2n) is 4.68. The molecule has 0 bridgehead atoms. The number of benzene rings is 1. The summed E-state index contributed by atoms with van der Waals surface area (Å²) in [5, 5.41) is 5.45. The van der Waals surface area contributed by atoms with E-state index in [1.54, 1.807) is 24.3 Å². The van der Waals surface area contributed by atoms with Gasteiger partial charge in [-0.15, -0.1) is 0 Å². The van der Waals surface area contributed by atoms with Crippen LogP contribution in [0.25, 0.3) is 5.01 Å². The summed E-state index contributed by atoms with van der Waals surface area (Å²) in [7, 11) is 0. The van der Waals surface area contributed by atoms with Crippen molar-refractivity contribution < 1.29 is 14.4 Å². The summed E-state index contributed by atoms with van der Waals surface area (Å²) in [6, 6.07) is 6.89. The van der Waals surface area contributed by atoms with Crippen molar-refractivity contribution in [3.05, 3.63) is 41.4 Å². The van der Waals surface area contributed by atoms with Crippen molar-refractivity contribution in [3.8, 4) is 5.75 Å². The lowest BCUT2D eigenvalue weighted by Crippen LogP contribution is -2.32. The van der Waals surface area contributed by atoms with Gasteiger partial charge in [0.05, 0.1) is 0 Å². The first kappa shape index (κ1) is 13.8. The topological polar surface area (TPSA) is 51.9 Å². The maximum absolute atomic E-state index is 11.4. The van der Waals surface area contributed by atoms with Crippen molar-refractivity contribution in [2.45, 2.75) is 32.9 Å². The Morgan fingerprint density at radius 3 is 2.44 bits per heavy atom. The van der Waals surface area contributed by atoms with Gasteiger partial charge in [-0.25, -0.2) is 4.79 Å². The Balaban J connectivity index is 2.44. The second kappa shape index (κ2) is 5.92. The van der Waals surface area contributed by atoms with Crippen LogP contribution < -0.4 is 10.2 Å². The van der Waals surface area contributed by atoms with Gasteiger partial charge in [-0.1, -0.05) is 12.1 Å². The van der Waals surface area contributed by atoms with Gasteiger partial charge in [-0.3, -0.25) is 0 Å². The molecule has 1 aromatic carbocycles. The zero-order valence-corrected chi connectivity index (χ0v) is 10.7. The van der Waals surface area contributed by atoms with Gasteiger partial charge in [0.25, 0.3) is 0 Å². The van der Waals surface area contributed by atoms with Gasteiger partial charge in [0.1, 0.15) is 5.60 Å². The van der Waals surface area contributed by atoms with Crippen LogP contribution in [0.3, 0.4) is 0 Å². The Morgan fingerprint density at radius 1 is 1.33 bits per heavy atom. The third-order valence-corrected chi connectivity index (χ3v) is 1.91. The van der Waals surface area contributed by atoms with Crippen molar-refractivity contribution in [1.82, 2.24) is 5.32 Å². The smallest absolute Gasteiger partial charge is 0.407 e. The molecule has 0 heterocycles. The molecule has 1 aromatic rings. The molecular formula is C13H16N2O3. The molecule has 0 saturated carbocycles. The third kappa shape index (κ3) is 5.21. The molecule has 0 aromatic heterocycles. The van der Waals surface area contributed by atoms with Crippen molar-refractivity contribution in [1.29, 1.82) is 0 Å². The molecule has 0 atom stereocenters. The normalized spacial score (nSPS) is 10.3. The molecule has 0 spiro atoms. The predicted octanol–water partition coefficient (Wildman–Crippen LogP) is 2.92. The summed E-state index contributed by atoms with van der Waals surface area (Å²) >= 11 is 0. The first-order chi connectivity index (χ1) is 8.40. The minimum atomic E-state index is -0.503. The molecule has 18 heavy (non-hydrogen) atoms. The molecule has 0 fully saturated rings. The lowest BCUT2D eigenvalue weighted by molar-refractivity contribution is 0.0523. The van der Waals surface area contributed by atoms with Gasteiger partial charge in [0, 0.05) is 6.54 Å². The zero-order chi connectivity index (χ0) is 13.6. The van der Waals surface area contributed by atoms with Crippen molar-refractivity contribution in [3.63, 3.8) is 0 Å². The van der Waals surface area contributed by atoms with E-state index in [-0.39, 0.29) is 0 Å². The number of alkyl carbamates (subject to hydrolysis) is 1. The molecule has 0 saturated heterocycles. The average Bonchev–Trinajstić information content (AvgIpc) is 2.26. The van der Waals surface area contributed by atoms with Gasteiger partial charge < -0.3 is 10.1 Å². The van der Waals surface area contributed by atoms with E-state index in [0.29, 0.717) is 12.3 Å². The van der Waals surface area contributed by atoms with Gasteiger partial charge in [-0.05, 0) is 43.5 Å². The average molecular weight is 248 g/mol. The van der Waals surface area contributed by atoms with Crippen LogP contribution in [0.4, 0.5) is 4.79 Å². The molecule has 0 unspecified atom stereocenters. The summed E-state index contributed by atoms with van der Waals surface area (Å²) < 4.78 is 5.11. The lowest BCUT2D eigenvalue weighted by Gasteiger charge is -2.19. The van der Waals surface area contributed by atoms with Crippen LogP contribution in [0, 0.1) is 6.57 Å². The number of nitrogens with zero attached hydrogens (tertiary/aromatic N) is 1. The number of amides is 1. The summed E-state index contributed by atoms with van der Waals surface area (Å²) in [5.74, 6) is 0.478. The highest BCUT2D eigenvalue weighted by atomic mass is 16.6. The number of hydrogen-bond acceptors (Lipinski definition) is 3. The SMILES string of the molecule is [C-]#[N+]Oc1ccc(CNC(=O)OC(C)(C)C)cc1. The minimum Gasteiger partial charge on any atom is -0.444 e. The third-order valence-electron chi connectivity index (χ3n) is 1.91. The van der Waals surface area contributed by atoms with Crippen molar-refractivity contribution in [2.24, 2.45) is 0 Å². The molecule has 1 N–H and O–H groups in total. The van der Waals surface area contributed by atoms with Crippen LogP contribution in [0.2, 0.25) is 0 Å². The summed E-state index contributed by atoms with van der Waals surface area (Å²) in [5.41, 5.74) is 0.399. The van der Waals surface area contributed by atoms with Crippen molar-refractivity contribution in [2.75, 3.05) is 0 Å². The maximum Gasteiger partial charge on any atom is 0.407 e. The minimum absolute atomic E-state index is 0.368. The molecule has 5 heteroatoms. The molecule has 96 valence electrons. The molecular weight excluding hydrogens is 232 g/mol. The summed E-state index contributed by atoms with van der Waals surface area (Å²) in [6.07, 6.45) is -0.455. The number of carbonyl (C=O) groups excluding carboxylic acids is 1. The van der Waals surface area contributed by atoms with Crippen LogP contribution in [0.1, 0.15) is 26.3 Å². The summed E-state index contributed by atoms with van der Waals surface area (Å²) in [4.78, 5) is 16.0. The number of hydrogen-bond donors (Lipinski definition) is 1. The quantitative estimate of drug-likeness (QED) is 0.661. The highest BCUT2D eigenvalue weighted by Crippen LogP contribution is 2.12. The van der Waals surface area contributed by atoms with Crippen LogP contribution in [0.15, 0.2) is 24.3 Å². The Hall–Kier alpha value is -2.22. The largest absolute Gasteiger partial charge is 0.444 e. The van der Waals surface area contributed by atoms with E-state index in [1.165, 1.54) is 0 Å². The zero-order valence-electron chi connectivity index (χ0n) is 10.7. The molecule has 1 rings (SSSR count). The van der Waals surface area contributed by atoms with Gasteiger partial charge in [0.15, 0.2) is 0 Å². The number of nitrogens with one attached hydrogen (secondary N) is 1. The monoisotopic (exact) mass is 248 g/mol. The van der Waals surface area contributed by atoms with Crippen molar-refractivity contribution >= 4 is 6.09 Å². The Kier molecular flexibility index (Phi) is 4.55. The highest BCUT2D eigenvalue weighted by Gasteiger charge is 2.15. The molecule has 0 radical (unpaired) electrons. The van der Waals surface area contributed by atoms with Crippen LogP contribution in [0.5, 0.6) is 5.75 Å². The van der Waals surface area contributed by atoms with E-state index in [9.17, 15) is 4.79 Å². The number of ether oxygens (including phenoxy) is 1. The fraction of sp³-hybridized carbons (Fsp3) is 0.385. The fourth-order valence-electron chi connectivity index (χ4n) is 1.21. The number of rotatable bonds is 3. The molecule has 0 aliphatic rings. The first-order valence-electron chi connectivity index (χ1n) is 5.50. The van der Waals surface area contributed by atoms with E-state index >= 15 is 0 Å². The first-order valence-corrected chi connectivity index (χ1v) is 5.50. The van der Waals surface area contributed by atoms with E-state index in [2.05, 4.69) is 15.2 Å². The van der Waals surface area contributed by atoms with Gasteiger partial charge >= 0.3 is 6.09 Å². The summed E-state index contributed by atoms with van der Waals surface area (Å²) in [6.45, 7) is 12.3. The maximum atomic E-state index is 11.4. The molecule has 5 nitrogen and oxygen atoms in total. The fourth-order valence-corrected chi connectivity index (χ4v) is 1.21. The van der Waals surface area contributed by atoms with Gasteiger partial charge in [-0.2, -0.15) is 11.4 Å². The molecule has 0 aliphatic carbocycles. The van der Waals surface area contributed by atoms with E-state index < -0.39 is 11.7 Å².